The van der Waals surface area contributed by atoms with Gasteiger partial charge in [0, 0.05) is 24.4 Å². The maximum Gasteiger partial charge on any atom is 0.219 e. The molecule has 0 amide bonds. The molecule has 17 heavy (non-hydrogen) atoms. The third-order valence-electron chi connectivity index (χ3n) is 2.13. The van der Waals surface area contributed by atoms with Crippen molar-refractivity contribution < 1.29 is 9.47 Å². The molecule has 2 rings (SSSR count). The second-order valence-corrected chi connectivity index (χ2v) is 3.93. The summed E-state index contributed by atoms with van der Waals surface area (Å²) < 4.78 is 10.6. The van der Waals surface area contributed by atoms with E-state index < -0.39 is 0 Å². The highest BCUT2D eigenvalue weighted by Crippen LogP contribution is 2.22. The fourth-order valence-corrected chi connectivity index (χ4v) is 1.55. The molecule has 0 radical (unpaired) electrons. The lowest BCUT2D eigenvalue weighted by Gasteiger charge is -2.05. The lowest BCUT2D eigenvalue weighted by molar-refractivity contribution is 0.184. The number of halogens is 1. The van der Waals surface area contributed by atoms with Crippen molar-refractivity contribution in [3.05, 3.63) is 53.2 Å². The molecule has 0 N–H and O–H groups in total. The van der Waals surface area contributed by atoms with Crippen LogP contribution in [0.25, 0.3) is 0 Å². The summed E-state index contributed by atoms with van der Waals surface area (Å²) in [4.78, 5) is 4.18. The molecule has 0 aliphatic heterocycles. The molecule has 88 valence electrons. The summed E-state index contributed by atoms with van der Waals surface area (Å²) >= 11 is 5.86. The molecule has 0 saturated carbocycles. The molecule has 0 atom stereocenters. The smallest absolute Gasteiger partial charge is 0.219 e. The lowest BCUT2D eigenvalue weighted by Crippen LogP contribution is -1.91. The summed E-state index contributed by atoms with van der Waals surface area (Å²) in [5, 5.41) is 0.638. The molecular formula is C13H12ClNO2. The summed E-state index contributed by atoms with van der Waals surface area (Å²) in [5.74, 6) is 1.21. The van der Waals surface area contributed by atoms with Crippen LogP contribution in [0.4, 0.5) is 0 Å². The first-order valence-corrected chi connectivity index (χ1v) is 5.53. The highest BCUT2D eigenvalue weighted by atomic mass is 35.5. The van der Waals surface area contributed by atoms with Crippen LogP contribution < -0.4 is 4.74 Å². The molecule has 0 bridgehead atoms. The minimum atomic E-state index is 0.534. The van der Waals surface area contributed by atoms with Crippen LogP contribution in [-0.2, 0) is 11.3 Å². The Hall–Kier alpha value is -1.58. The van der Waals surface area contributed by atoms with E-state index in [-0.39, 0.29) is 0 Å². The summed E-state index contributed by atoms with van der Waals surface area (Å²) in [6, 6.07) is 10.9. The first kappa shape index (κ1) is 11.9. The normalized spacial score (nSPS) is 10.2. The first-order chi connectivity index (χ1) is 8.28. The van der Waals surface area contributed by atoms with Gasteiger partial charge in [0.25, 0.3) is 0 Å². The van der Waals surface area contributed by atoms with Gasteiger partial charge in [-0.3, -0.25) is 0 Å². The average Bonchev–Trinajstić information content (AvgIpc) is 2.32. The van der Waals surface area contributed by atoms with E-state index in [9.17, 15) is 0 Å². The topological polar surface area (TPSA) is 31.4 Å². The second-order valence-electron chi connectivity index (χ2n) is 3.50. The molecule has 0 unspecified atom stereocenters. The second kappa shape index (κ2) is 5.66. The maximum absolute atomic E-state index is 5.86. The van der Waals surface area contributed by atoms with E-state index in [0.29, 0.717) is 23.3 Å². The van der Waals surface area contributed by atoms with Gasteiger partial charge in [-0.2, -0.15) is 0 Å². The molecule has 2 aromatic rings. The number of nitrogens with zero attached hydrogens (tertiary/aromatic N) is 1. The van der Waals surface area contributed by atoms with Crippen LogP contribution in [0.3, 0.4) is 0 Å². The number of aromatic nitrogens is 1. The monoisotopic (exact) mass is 249 g/mol. The number of benzene rings is 1. The van der Waals surface area contributed by atoms with Gasteiger partial charge in [-0.25, -0.2) is 4.98 Å². The van der Waals surface area contributed by atoms with Crippen LogP contribution in [-0.4, -0.2) is 12.1 Å². The molecule has 0 saturated heterocycles. The predicted molar refractivity (Wildman–Crippen MR) is 66.5 cm³/mol. The van der Waals surface area contributed by atoms with Crippen LogP contribution in [0.5, 0.6) is 11.6 Å². The number of rotatable bonds is 4. The summed E-state index contributed by atoms with van der Waals surface area (Å²) in [6.45, 7) is 0.546. The van der Waals surface area contributed by atoms with Crippen LogP contribution in [0.2, 0.25) is 5.02 Å². The van der Waals surface area contributed by atoms with Crippen molar-refractivity contribution in [2.45, 2.75) is 6.61 Å². The number of hydrogen-bond acceptors (Lipinski definition) is 3. The quantitative estimate of drug-likeness (QED) is 0.828. The lowest BCUT2D eigenvalue weighted by atomic mass is 10.3. The van der Waals surface area contributed by atoms with Crippen LogP contribution in [0.1, 0.15) is 5.56 Å². The maximum atomic E-state index is 5.86. The van der Waals surface area contributed by atoms with E-state index in [4.69, 9.17) is 21.1 Å². The van der Waals surface area contributed by atoms with Crippen LogP contribution >= 0.6 is 11.6 Å². The Labute approximate surface area is 105 Å². The molecular weight excluding hydrogens is 238 g/mol. The predicted octanol–water partition coefficient (Wildman–Crippen LogP) is 3.67. The van der Waals surface area contributed by atoms with E-state index in [1.807, 2.05) is 18.2 Å². The molecule has 0 aliphatic rings. The molecule has 1 heterocycles. The van der Waals surface area contributed by atoms with Crippen molar-refractivity contribution in [2.75, 3.05) is 7.11 Å². The molecule has 0 spiro atoms. The zero-order valence-electron chi connectivity index (χ0n) is 9.39. The Bertz CT molecular complexity index is 485. The van der Waals surface area contributed by atoms with Gasteiger partial charge < -0.3 is 9.47 Å². The van der Waals surface area contributed by atoms with Crippen molar-refractivity contribution in [1.29, 1.82) is 0 Å². The Kier molecular flexibility index (Phi) is 3.96. The largest absolute Gasteiger partial charge is 0.439 e. The van der Waals surface area contributed by atoms with Gasteiger partial charge in [-0.05, 0) is 29.8 Å². The van der Waals surface area contributed by atoms with Gasteiger partial charge in [0.1, 0.15) is 5.75 Å². The third kappa shape index (κ3) is 3.44. The number of methoxy groups -OCH3 is 1. The van der Waals surface area contributed by atoms with Gasteiger partial charge in [0.15, 0.2) is 0 Å². The zero-order chi connectivity index (χ0) is 12.1. The molecule has 0 fully saturated rings. The summed E-state index contributed by atoms with van der Waals surface area (Å²) in [7, 11) is 1.65. The van der Waals surface area contributed by atoms with E-state index >= 15 is 0 Å². The Balaban J connectivity index is 2.08. The van der Waals surface area contributed by atoms with Crippen LogP contribution in [0, 0.1) is 0 Å². The molecule has 0 aliphatic carbocycles. The first-order valence-electron chi connectivity index (χ1n) is 5.15. The molecule has 1 aromatic carbocycles. The van der Waals surface area contributed by atoms with Crippen molar-refractivity contribution >= 4 is 11.6 Å². The van der Waals surface area contributed by atoms with Gasteiger partial charge in [-0.1, -0.05) is 17.7 Å². The molecule has 4 heteroatoms. The van der Waals surface area contributed by atoms with Gasteiger partial charge in [-0.15, -0.1) is 0 Å². The van der Waals surface area contributed by atoms with Crippen molar-refractivity contribution in [3.8, 4) is 11.6 Å². The Morgan fingerprint density at radius 1 is 1.24 bits per heavy atom. The van der Waals surface area contributed by atoms with Gasteiger partial charge >= 0.3 is 0 Å². The number of ether oxygens (including phenoxy) is 2. The molecule has 1 aromatic heterocycles. The van der Waals surface area contributed by atoms with Gasteiger partial charge in [0.05, 0.1) is 6.61 Å². The minimum Gasteiger partial charge on any atom is -0.439 e. The fraction of sp³-hybridized carbons (Fsp3) is 0.154. The van der Waals surface area contributed by atoms with Crippen LogP contribution in [0.15, 0.2) is 42.6 Å². The van der Waals surface area contributed by atoms with E-state index in [1.54, 1.807) is 31.5 Å². The zero-order valence-corrected chi connectivity index (χ0v) is 10.1. The highest BCUT2D eigenvalue weighted by molar-refractivity contribution is 6.30. The Morgan fingerprint density at radius 2 is 2.12 bits per heavy atom. The SMILES string of the molecule is COCc1ccc(Oc2cccc(Cl)c2)nc1. The van der Waals surface area contributed by atoms with Crippen molar-refractivity contribution in [3.63, 3.8) is 0 Å². The minimum absolute atomic E-state index is 0.534. The summed E-state index contributed by atoms with van der Waals surface area (Å²) in [5.41, 5.74) is 1.01. The van der Waals surface area contributed by atoms with E-state index in [0.717, 1.165) is 5.56 Å². The molecule has 3 nitrogen and oxygen atoms in total. The summed E-state index contributed by atoms with van der Waals surface area (Å²) in [6.07, 6.45) is 1.73. The van der Waals surface area contributed by atoms with E-state index in [1.165, 1.54) is 0 Å². The highest BCUT2D eigenvalue weighted by Gasteiger charge is 1.99. The van der Waals surface area contributed by atoms with Crippen molar-refractivity contribution in [1.82, 2.24) is 4.98 Å². The fourth-order valence-electron chi connectivity index (χ4n) is 1.37. The van der Waals surface area contributed by atoms with Crippen molar-refractivity contribution in [2.24, 2.45) is 0 Å². The number of pyridine rings is 1. The van der Waals surface area contributed by atoms with Gasteiger partial charge in [0.2, 0.25) is 5.88 Å². The Morgan fingerprint density at radius 3 is 2.76 bits per heavy atom. The third-order valence-corrected chi connectivity index (χ3v) is 2.36. The van der Waals surface area contributed by atoms with E-state index in [2.05, 4.69) is 4.98 Å². The average molecular weight is 250 g/mol. The number of hydrogen-bond donors (Lipinski definition) is 0. The standard InChI is InChI=1S/C13H12ClNO2/c1-16-9-10-5-6-13(15-8-10)17-12-4-2-3-11(14)7-12/h2-8H,9H2,1H3.